The molecule has 0 aliphatic carbocycles. The number of anilines is 3. The molecule has 0 saturated carbocycles. The van der Waals surface area contributed by atoms with Crippen LogP contribution in [-0.2, 0) is 43.5 Å². The number of rotatable bonds is 12. The first-order chi connectivity index (χ1) is 33.4. The molecule has 2 atom stereocenters. The summed E-state index contributed by atoms with van der Waals surface area (Å²) in [4.78, 5) is 93.7. The SMILES string of the molecule is COc1ccc2ncc(=O)n(CC=O)c2c1.COc1ccc2ncc(=O)n(CCNC[C@H]3CC(=O)N(c4ccc5c(c4)NC(=O)CO5)C3)c2c1.NC[C@H]1CC(=O)N(c2ccc3c(c2)CC(=O)CO3)C1. The second-order valence-corrected chi connectivity index (χ2v) is 16.7. The number of aldehydes is 1. The maximum absolute atomic E-state index is 12.6. The number of carbonyl (C=O) groups is 5. The zero-order chi connectivity index (χ0) is 48.6. The van der Waals surface area contributed by atoms with E-state index >= 15 is 0 Å². The summed E-state index contributed by atoms with van der Waals surface area (Å²) in [6.07, 6.45) is 4.53. The van der Waals surface area contributed by atoms with E-state index in [1.807, 2.05) is 42.5 Å². The number of benzene rings is 4. The van der Waals surface area contributed by atoms with Crippen LogP contribution in [0.15, 0.2) is 94.8 Å². The highest BCUT2D eigenvalue weighted by Crippen LogP contribution is 2.35. The van der Waals surface area contributed by atoms with Gasteiger partial charge in [-0.25, -0.2) is 9.97 Å². The second kappa shape index (κ2) is 21.3. The molecule has 4 N–H and O–H groups in total. The molecule has 2 saturated heterocycles. The number of ketones is 1. The number of aromatic nitrogens is 4. The molecule has 358 valence electrons. The summed E-state index contributed by atoms with van der Waals surface area (Å²) in [5.74, 6) is 2.99. The zero-order valence-electron chi connectivity index (χ0n) is 38.1. The van der Waals surface area contributed by atoms with Gasteiger partial charge in [0, 0.05) is 81.1 Å². The average Bonchev–Trinajstić information content (AvgIpc) is 3.94. The van der Waals surface area contributed by atoms with E-state index in [1.54, 1.807) is 58.9 Å². The van der Waals surface area contributed by atoms with Crippen molar-refractivity contribution in [3.63, 3.8) is 0 Å². The summed E-state index contributed by atoms with van der Waals surface area (Å²) in [6.45, 7) is 3.61. The lowest BCUT2D eigenvalue weighted by Crippen LogP contribution is -2.31. The average molecular weight is 942 g/mol. The molecule has 4 aromatic carbocycles. The molecule has 0 bridgehead atoms. The van der Waals surface area contributed by atoms with Crippen LogP contribution in [0, 0.1) is 11.8 Å². The van der Waals surface area contributed by atoms with Crippen LogP contribution >= 0.6 is 0 Å². The standard InChI is InChI=1S/C24H25N5O5.C14H16N2O3.C11H10N2O3/c1-33-17-3-4-18-20(10-17)28(24(32)12-26-18)7-6-25-11-15-8-23(31)29(13-15)16-2-5-21-19(9-16)27-22(30)14-34-21;15-6-9-3-14(18)16(7-9)11-1-2-13-10(4-11)5-12(17)8-19-13;1-16-8-2-3-9-10(6-8)13(4-5-14)11(15)7-12-9/h2-5,9-10,12,15,25H,6-8,11,13-14H2,1H3,(H,27,30);1-2,4,9H,3,5-8,15H2;2-3,5-7H,4H2,1H3/t15-;9-;/m11./s1. The van der Waals surface area contributed by atoms with E-state index in [4.69, 9.17) is 24.7 Å². The number of amides is 3. The highest BCUT2D eigenvalue weighted by molar-refractivity contribution is 5.99. The highest BCUT2D eigenvalue weighted by atomic mass is 16.5. The maximum atomic E-state index is 12.6. The Labute approximate surface area is 394 Å². The van der Waals surface area contributed by atoms with Gasteiger partial charge in [0.05, 0.1) is 60.9 Å². The Morgan fingerprint density at radius 2 is 1.33 bits per heavy atom. The Kier molecular flexibility index (Phi) is 14.7. The fourth-order valence-electron chi connectivity index (χ4n) is 8.56. The Morgan fingerprint density at radius 1 is 0.739 bits per heavy atom. The number of ether oxygens (including phenoxy) is 4. The number of nitrogens with zero attached hydrogens (tertiary/aromatic N) is 6. The molecule has 0 unspecified atom stereocenters. The van der Waals surface area contributed by atoms with Crippen LogP contribution in [0.2, 0.25) is 0 Å². The molecule has 0 spiro atoms. The van der Waals surface area contributed by atoms with E-state index < -0.39 is 0 Å². The summed E-state index contributed by atoms with van der Waals surface area (Å²) >= 11 is 0. The van der Waals surface area contributed by atoms with Gasteiger partial charge in [0.1, 0.15) is 35.9 Å². The van der Waals surface area contributed by atoms with Gasteiger partial charge in [-0.3, -0.25) is 33.3 Å². The molecule has 0 radical (unpaired) electrons. The summed E-state index contributed by atoms with van der Waals surface area (Å²) in [5.41, 5.74) is 10.9. The zero-order valence-corrected chi connectivity index (χ0v) is 38.1. The molecule has 4 aliphatic heterocycles. The molecule has 2 fully saturated rings. The topological polar surface area (TPSA) is 249 Å². The van der Waals surface area contributed by atoms with Gasteiger partial charge in [-0.15, -0.1) is 0 Å². The van der Waals surface area contributed by atoms with Crippen LogP contribution in [0.3, 0.4) is 0 Å². The van der Waals surface area contributed by atoms with Gasteiger partial charge in [-0.2, -0.15) is 0 Å². The smallest absolute Gasteiger partial charge is 0.269 e. The molecule has 10 rings (SSSR count). The van der Waals surface area contributed by atoms with E-state index in [0.717, 1.165) is 33.7 Å². The Hall–Kier alpha value is -7.97. The number of Topliss-reactive ketones (excluding diaryl/α,β-unsaturated/α-hetero) is 1. The van der Waals surface area contributed by atoms with E-state index in [2.05, 4.69) is 20.6 Å². The van der Waals surface area contributed by atoms with Gasteiger partial charge >= 0.3 is 0 Å². The van der Waals surface area contributed by atoms with Crippen molar-refractivity contribution in [1.29, 1.82) is 0 Å². The van der Waals surface area contributed by atoms with Gasteiger partial charge < -0.3 is 54.5 Å². The van der Waals surface area contributed by atoms with Crippen LogP contribution < -0.4 is 56.2 Å². The number of methoxy groups -OCH3 is 2. The van der Waals surface area contributed by atoms with E-state index in [0.29, 0.717) is 98.8 Å². The molecule has 20 nitrogen and oxygen atoms in total. The highest BCUT2D eigenvalue weighted by Gasteiger charge is 2.32. The quantitative estimate of drug-likeness (QED) is 0.118. The minimum Gasteiger partial charge on any atom is -0.497 e. The maximum Gasteiger partial charge on any atom is 0.269 e. The molecular formula is C49H51N9O11. The Balaban J connectivity index is 0.000000154. The molecule has 69 heavy (non-hydrogen) atoms. The van der Waals surface area contributed by atoms with E-state index in [1.165, 1.54) is 17.0 Å². The summed E-state index contributed by atoms with van der Waals surface area (Å²) in [7, 11) is 3.13. The van der Waals surface area contributed by atoms with Crippen LogP contribution in [0.5, 0.6) is 23.0 Å². The van der Waals surface area contributed by atoms with Crippen LogP contribution in [0.4, 0.5) is 17.1 Å². The first-order valence-electron chi connectivity index (χ1n) is 22.3. The monoisotopic (exact) mass is 941 g/mol. The minimum absolute atomic E-state index is 0.00229. The lowest BCUT2D eigenvalue weighted by molar-refractivity contribution is -0.121. The van der Waals surface area contributed by atoms with Gasteiger partial charge in [0.2, 0.25) is 11.8 Å². The number of hydrogen-bond donors (Lipinski definition) is 3. The van der Waals surface area contributed by atoms with Crippen LogP contribution in [-0.4, -0.2) is 109 Å². The van der Waals surface area contributed by atoms with Crippen molar-refractivity contribution in [3.05, 3.63) is 111 Å². The third kappa shape index (κ3) is 10.9. The summed E-state index contributed by atoms with van der Waals surface area (Å²) in [5, 5.41) is 6.15. The number of fused-ring (bicyclic) bond motifs is 4. The molecule has 20 heteroatoms. The van der Waals surface area contributed by atoms with Gasteiger partial charge in [-0.1, -0.05) is 0 Å². The summed E-state index contributed by atoms with van der Waals surface area (Å²) in [6, 6.07) is 21.6. The Morgan fingerprint density at radius 3 is 1.97 bits per heavy atom. The van der Waals surface area contributed by atoms with Crippen molar-refractivity contribution >= 4 is 68.9 Å². The number of nitrogens with one attached hydrogen (secondary N) is 2. The van der Waals surface area contributed by atoms with Gasteiger partial charge in [0.15, 0.2) is 12.4 Å². The lowest BCUT2D eigenvalue weighted by Gasteiger charge is -2.22. The minimum atomic E-state index is -0.298. The van der Waals surface area contributed by atoms with Gasteiger partial charge in [-0.05, 0) is 79.0 Å². The fraction of sp³-hybridized carbons (Fsp3) is 0.327. The third-order valence-electron chi connectivity index (χ3n) is 12.1. The number of nitrogens with two attached hydrogens (primary N) is 1. The van der Waals surface area contributed by atoms with Crippen molar-refractivity contribution in [3.8, 4) is 23.0 Å². The first-order valence-corrected chi connectivity index (χ1v) is 22.3. The molecule has 6 heterocycles. The van der Waals surface area contributed by atoms with Crippen LogP contribution in [0.1, 0.15) is 18.4 Å². The molecular weight excluding hydrogens is 891 g/mol. The van der Waals surface area contributed by atoms with E-state index in [-0.39, 0.29) is 66.2 Å². The van der Waals surface area contributed by atoms with Crippen molar-refractivity contribution in [2.24, 2.45) is 17.6 Å². The predicted octanol–water partition coefficient (Wildman–Crippen LogP) is 2.48. The van der Waals surface area contributed by atoms with Crippen molar-refractivity contribution < 1.29 is 42.9 Å². The van der Waals surface area contributed by atoms with E-state index in [9.17, 15) is 33.6 Å². The molecule has 3 amide bonds. The second-order valence-electron chi connectivity index (χ2n) is 16.7. The first kappa shape index (κ1) is 47.5. The molecule has 2 aromatic heterocycles. The largest absolute Gasteiger partial charge is 0.497 e. The van der Waals surface area contributed by atoms with Crippen molar-refractivity contribution in [2.45, 2.75) is 32.4 Å². The fourth-order valence-corrected chi connectivity index (χ4v) is 8.56. The van der Waals surface area contributed by atoms with Crippen molar-refractivity contribution in [1.82, 2.24) is 24.4 Å². The van der Waals surface area contributed by atoms with Gasteiger partial charge in [0.25, 0.3) is 17.0 Å². The van der Waals surface area contributed by atoms with Crippen molar-refractivity contribution in [2.75, 3.05) is 75.3 Å². The van der Waals surface area contributed by atoms with Crippen LogP contribution in [0.25, 0.3) is 22.1 Å². The lowest BCUT2D eigenvalue weighted by atomic mass is 10.0. The predicted molar refractivity (Wildman–Crippen MR) is 255 cm³/mol. The number of hydrogen-bond acceptors (Lipinski definition) is 15. The summed E-state index contributed by atoms with van der Waals surface area (Å²) < 4.78 is 24.1. The third-order valence-corrected chi connectivity index (χ3v) is 12.1. The molecule has 4 aliphatic rings. The normalized spacial score (nSPS) is 17.1. The Bertz CT molecular complexity index is 3060. The number of carbonyl (C=O) groups excluding carboxylic acids is 5. The molecule has 6 aromatic rings.